The zero-order valence-electron chi connectivity index (χ0n) is 9.40. The third-order valence-electron chi connectivity index (χ3n) is 2.42. The molecular weight excluding hydrogens is 287 g/mol. The van der Waals surface area contributed by atoms with E-state index < -0.39 is 18.5 Å². The molecule has 1 N–H and O–H groups in total. The Labute approximate surface area is 102 Å². The predicted octanol–water partition coefficient (Wildman–Crippen LogP) is 3.25. The van der Waals surface area contributed by atoms with Crippen LogP contribution < -0.4 is 5.32 Å². The molecule has 6 heteroatoms. The van der Waals surface area contributed by atoms with Gasteiger partial charge in [-0.15, -0.1) is 0 Å². The Hall–Kier alpha value is -0.260. The molecule has 0 rings (SSSR count). The van der Waals surface area contributed by atoms with Gasteiger partial charge in [0.15, 0.2) is 0 Å². The molecule has 2 nitrogen and oxygen atoms in total. The van der Waals surface area contributed by atoms with Crippen LogP contribution in [0.1, 0.15) is 33.1 Å². The Balaban J connectivity index is 3.92. The predicted molar refractivity (Wildman–Crippen MR) is 60.5 cm³/mol. The van der Waals surface area contributed by atoms with Crippen LogP contribution in [-0.2, 0) is 4.79 Å². The van der Waals surface area contributed by atoms with Crippen molar-refractivity contribution in [2.45, 2.75) is 44.1 Å². The molecule has 0 aliphatic rings. The topological polar surface area (TPSA) is 29.1 Å². The van der Waals surface area contributed by atoms with Crippen molar-refractivity contribution < 1.29 is 18.0 Å². The number of amides is 1. The van der Waals surface area contributed by atoms with Gasteiger partial charge in [-0.2, -0.15) is 13.2 Å². The second-order valence-corrected chi connectivity index (χ2v) is 4.86. The summed E-state index contributed by atoms with van der Waals surface area (Å²) in [5, 5.41) is 2.28. The van der Waals surface area contributed by atoms with Crippen LogP contribution in [0.25, 0.3) is 0 Å². The summed E-state index contributed by atoms with van der Waals surface area (Å²) in [5.74, 6) is -0.603. The first-order valence-electron chi connectivity index (χ1n) is 5.27. The van der Waals surface area contributed by atoms with Gasteiger partial charge >= 0.3 is 6.18 Å². The molecule has 96 valence electrons. The standard InChI is InChI=1S/C10H17BrF3NO/c1-3-7(4-2)8(11)6-15-9(16)5-10(12,13)14/h7-8H,3-6H2,1-2H3,(H,15,16). The lowest BCUT2D eigenvalue weighted by Crippen LogP contribution is -2.35. The summed E-state index contributed by atoms with van der Waals surface area (Å²) in [7, 11) is 0. The van der Waals surface area contributed by atoms with Crippen molar-refractivity contribution in [1.29, 1.82) is 0 Å². The number of nitrogens with one attached hydrogen (secondary N) is 1. The highest BCUT2D eigenvalue weighted by Gasteiger charge is 2.31. The first-order valence-corrected chi connectivity index (χ1v) is 6.19. The first kappa shape index (κ1) is 15.7. The second kappa shape index (κ2) is 7.14. The van der Waals surface area contributed by atoms with Crippen molar-refractivity contribution in [3.05, 3.63) is 0 Å². The number of halogens is 4. The summed E-state index contributed by atoms with van der Waals surface area (Å²) >= 11 is 3.38. The minimum atomic E-state index is -4.43. The van der Waals surface area contributed by atoms with Gasteiger partial charge in [-0.3, -0.25) is 4.79 Å². The fourth-order valence-corrected chi connectivity index (χ4v) is 2.33. The Morgan fingerprint density at radius 1 is 1.31 bits per heavy atom. The molecule has 0 aromatic carbocycles. The van der Waals surface area contributed by atoms with Crippen molar-refractivity contribution in [1.82, 2.24) is 5.32 Å². The number of rotatable bonds is 6. The molecule has 16 heavy (non-hydrogen) atoms. The maximum atomic E-state index is 11.8. The second-order valence-electron chi connectivity index (χ2n) is 3.69. The van der Waals surface area contributed by atoms with E-state index in [1.807, 2.05) is 13.8 Å². The van der Waals surface area contributed by atoms with Gasteiger partial charge in [0.25, 0.3) is 0 Å². The Bertz CT molecular complexity index is 217. The lowest BCUT2D eigenvalue weighted by atomic mass is 9.99. The van der Waals surface area contributed by atoms with Crippen LogP contribution in [0.15, 0.2) is 0 Å². The maximum absolute atomic E-state index is 11.8. The van der Waals surface area contributed by atoms with E-state index in [1.165, 1.54) is 0 Å². The Kier molecular flexibility index (Phi) is 7.03. The molecule has 0 heterocycles. The molecule has 0 aromatic heterocycles. The highest BCUT2D eigenvalue weighted by Crippen LogP contribution is 2.21. The van der Waals surface area contributed by atoms with Gasteiger partial charge in [0.2, 0.25) is 5.91 Å². The third-order valence-corrected chi connectivity index (χ3v) is 3.49. The zero-order chi connectivity index (χ0) is 12.8. The highest BCUT2D eigenvalue weighted by atomic mass is 79.9. The van der Waals surface area contributed by atoms with E-state index in [0.717, 1.165) is 12.8 Å². The van der Waals surface area contributed by atoms with Crippen LogP contribution in [0.3, 0.4) is 0 Å². The molecule has 0 fully saturated rings. The molecule has 1 amide bonds. The average molecular weight is 304 g/mol. The van der Waals surface area contributed by atoms with Crippen LogP contribution >= 0.6 is 15.9 Å². The molecule has 1 unspecified atom stereocenters. The molecule has 0 radical (unpaired) electrons. The monoisotopic (exact) mass is 303 g/mol. The largest absolute Gasteiger partial charge is 0.397 e. The number of carbonyl (C=O) groups is 1. The lowest BCUT2D eigenvalue weighted by Gasteiger charge is -2.20. The van der Waals surface area contributed by atoms with Crippen LogP contribution in [0, 0.1) is 5.92 Å². The van der Waals surface area contributed by atoms with E-state index in [2.05, 4.69) is 21.2 Å². The van der Waals surface area contributed by atoms with Crippen molar-refractivity contribution in [2.75, 3.05) is 6.54 Å². The summed E-state index contributed by atoms with van der Waals surface area (Å²) in [6.45, 7) is 4.27. The van der Waals surface area contributed by atoms with Crippen LogP contribution in [0.5, 0.6) is 0 Å². The van der Waals surface area contributed by atoms with Crippen LogP contribution in [-0.4, -0.2) is 23.5 Å². The van der Waals surface area contributed by atoms with E-state index in [-0.39, 0.29) is 11.4 Å². The molecule has 1 atom stereocenters. The van der Waals surface area contributed by atoms with E-state index in [1.54, 1.807) is 0 Å². The normalized spacial score (nSPS) is 13.9. The molecule has 0 aliphatic carbocycles. The minimum absolute atomic E-state index is 0.0275. The zero-order valence-corrected chi connectivity index (χ0v) is 11.0. The van der Waals surface area contributed by atoms with Crippen molar-refractivity contribution >= 4 is 21.8 Å². The molecule has 0 aliphatic heterocycles. The molecule has 0 saturated heterocycles. The van der Waals surface area contributed by atoms with Gasteiger partial charge in [-0.1, -0.05) is 42.6 Å². The quantitative estimate of drug-likeness (QED) is 0.750. The Morgan fingerprint density at radius 2 is 1.81 bits per heavy atom. The molecule has 0 bridgehead atoms. The lowest BCUT2D eigenvalue weighted by molar-refractivity contribution is -0.153. The smallest absolute Gasteiger partial charge is 0.355 e. The van der Waals surface area contributed by atoms with Crippen LogP contribution in [0.4, 0.5) is 13.2 Å². The minimum Gasteiger partial charge on any atom is -0.355 e. The van der Waals surface area contributed by atoms with Gasteiger partial charge in [0.05, 0.1) is 0 Å². The molecule has 0 aromatic rings. The third kappa shape index (κ3) is 7.09. The highest BCUT2D eigenvalue weighted by molar-refractivity contribution is 9.09. The summed E-state index contributed by atoms with van der Waals surface area (Å²) in [6, 6.07) is 0. The molecule has 0 spiro atoms. The van der Waals surface area contributed by atoms with Gasteiger partial charge in [-0.25, -0.2) is 0 Å². The van der Waals surface area contributed by atoms with Gasteiger partial charge < -0.3 is 5.32 Å². The van der Waals surface area contributed by atoms with Crippen molar-refractivity contribution in [3.8, 4) is 0 Å². The maximum Gasteiger partial charge on any atom is 0.397 e. The van der Waals surface area contributed by atoms with Crippen molar-refractivity contribution in [2.24, 2.45) is 5.92 Å². The number of hydrogen-bond donors (Lipinski definition) is 1. The summed E-state index contributed by atoms with van der Waals surface area (Å²) in [5.41, 5.74) is 0. The van der Waals surface area contributed by atoms with E-state index in [9.17, 15) is 18.0 Å². The molecule has 0 saturated carbocycles. The van der Waals surface area contributed by atoms with Gasteiger partial charge in [0.1, 0.15) is 6.42 Å². The van der Waals surface area contributed by atoms with E-state index in [4.69, 9.17) is 0 Å². The fourth-order valence-electron chi connectivity index (χ4n) is 1.42. The summed E-state index contributed by atoms with van der Waals surface area (Å²) in [6.07, 6.45) is -3.97. The number of hydrogen-bond acceptors (Lipinski definition) is 1. The van der Waals surface area contributed by atoms with E-state index >= 15 is 0 Å². The van der Waals surface area contributed by atoms with Crippen LogP contribution in [0.2, 0.25) is 0 Å². The Morgan fingerprint density at radius 3 is 2.19 bits per heavy atom. The average Bonchev–Trinajstić information content (AvgIpc) is 2.14. The van der Waals surface area contributed by atoms with Crippen molar-refractivity contribution in [3.63, 3.8) is 0 Å². The fraction of sp³-hybridized carbons (Fsp3) is 0.900. The number of alkyl halides is 4. The van der Waals surface area contributed by atoms with E-state index in [0.29, 0.717) is 5.92 Å². The number of carbonyl (C=O) groups excluding carboxylic acids is 1. The SMILES string of the molecule is CCC(CC)C(Br)CNC(=O)CC(F)(F)F. The first-order chi connectivity index (χ1) is 7.30. The van der Waals surface area contributed by atoms with Gasteiger partial charge in [0, 0.05) is 11.4 Å². The summed E-state index contributed by atoms with van der Waals surface area (Å²) in [4.78, 5) is 10.9. The van der Waals surface area contributed by atoms with Gasteiger partial charge in [-0.05, 0) is 5.92 Å². The molecular formula is C10H17BrF3NO. The summed E-state index contributed by atoms with van der Waals surface area (Å²) < 4.78 is 35.5.